The van der Waals surface area contributed by atoms with Crippen LogP contribution in [0.4, 0.5) is 0 Å². The average molecular weight is 349 g/mol. The van der Waals surface area contributed by atoms with Crippen molar-refractivity contribution < 1.29 is 4.74 Å². The zero-order chi connectivity index (χ0) is 16.9. The summed E-state index contributed by atoms with van der Waals surface area (Å²) in [6.07, 6.45) is 3.74. The van der Waals surface area contributed by atoms with Crippen molar-refractivity contribution in [3.63, 3.8) is 0 Å². The van der Waals surface area contributed by atoms with Gasteiger partial charge in [0.05, 0.1) is 18.2 Å². The molecular formula is C18H25ClN4O. The SMILES string of the molecule is CN(C)C[C@H]1COCCN(Cc2cccn2-c2ccc(Cl)cn2)C1. The predicted octanol–water partition coefficient (Wildman–Crippen LogP) is 2.54. The predicted molar refractivity (Wildman–Crippen MR) is 96.7 cm³/mol. The Bertz CT molecular complexity index is 641. The zero-order valence-corrected chi connectivity index (χ0v) is 15.1. The van der Waals surface area contributed by atoms with Crippen LogP contribution in [0.1, 0.15) is 5.69 Å². The van der Waals surface area contributed by atoms with Crippen LogP contribution in [0, 0.1) is 5.92 Å². The fraction of sp³-hybridized carbons (Fsp3) is 0.500. The van der Waals surface area contributed by atoms with Gasteiger partial charge in [0.25, 0.3) is 0 Å². The topological polar surface area (TPSA) is 33.5 Å². The highest BCUT2D eigenvalue weighted by Gasteiger charge is 2.20. The molecular weight excluding hydrogens is 324 g/mol. The Balaban J connectivity index is 1.71. The summed E-state index contributed by atoms with van der Waals surface area (Å²) in [5.74, 6) is 1.44. The van der Waals surface area contributed by atoms with Gasteiger partial charge in [0.2, 0.25) is 0 Å². The van der Waals surface area contributed by atoms with Gasteiger partial charge in [-0.05, 0) is 38.4 Å². The molecule has 0 unspecified atom stereocenters. The third kappa shape index (κ3) is 4.57. The Labute approximate surface area is 148 Å². The zero-order valence-electron chi connectivity index (χ0n) is 14.4. The molecule has 0 aliphatic carbocycles. The molecule has 6 heteroatoms. The molecule has 0 radical (unpaired) electrons. The number of halogens is 1. The fourth-order valence-electron chi connectivity index (χ4n) is 3.23. The van der Waals surface area contributed by atoms with Crippen LogP contribution in [0.15, 0.2) is 36.7 Å². The van der Waals surface area contributed by atoms with Gasteiger partial charge in [-0.3, -0.25) is 4.90 Å². The molecule has 0 N–H and O–H groups in total. The molecule has 3 rings (SSSR count). The van der Waals surface area contributed by atoms with Crippen molar-refractivity contribution in [1.29, 1.82) is 0 Å². The van der Waals surface area contributed by atoms with Crippen molar-refractivity contribution in [3.05, 3.63) is 47.4 Å². The first-order valence-corrected chi connectivity index (χ1v) is 8.72. The van der Waals surface area contributed by atoms with Gasteiger partial charge in [0, 0.05) is 50.2 Å². The van der Waals surface area contributed by atoms with E-state index in [0.717, 1.165) is 45.2 Å². The molecule has 1 aliphatic rings. The van der Waals surface area contributed by atoms with E-state index in [2.05, 4.69) is 51.8 Å². The molecule has 1 fully saturated rings. The standard InChI is InChI=1S/C18H25ClN4O/c1-21(2)11-15-12-22(8-9-24-14-15)13-17-4-3-7-23(17)18-6-5-16(19)10-20-18/h3-7,10,15H,8-9,11-14H2,1-2H3/t15-/m1/s1. The maximum atomic E-state index is 5.95. The van der Waals surface area contributed by atoms with Crippen LogP contribution in [0.3, 0.4) is 0 Å². The third-order valence-corrected chi connectivity index (χ3v) is 4.45. The molecule has 1 aliphatic heterocycles. The molecule has 1 saturated heterocycles. The Morgan fingerprint density at radius 1 is 1.33 bits per heavy atom. The summed E-state index contributed by atoms with van der Waals surface area (Å²) in [6, 6.07) is 8.05. The van der Waals surface area contributed by atoms with E-state index in [4.69, 9.17) is 16.3 Å². The van der Waals surface area contributed by atoms with Gasteiger partial charge in [0.1, 0.15) is 5.82 Å². The van der Waals surface area contributed by atoms with Gasteiger partial charge in [-0.2, -0.15) is 0 Å². The molecule has 0 amide bonds. The van der Waals surface area contributed by atoms with Crippen LogP contribution >= 0.6 is 11.6 Å². The van der Waals surface area contributed by atoms with Gasteiger partial charge in [-0.25, -0.2) is 4.98 Å². The van der Waals surface area contributed by atoms with E-state index in [0.29, 0.717) is 10.9 Å². The Kier molecular flexibility index (Phi) is 5.89. The molecule has 0 aromatic carbocycles. The highest BCUT2D eigenvalue weighted by molar-refractivity contribution is 6.30. The summed E-state index contributed by atoms with van der Waals surface area (Å²) in [6.45, 7) is 5.60. The lowest BCUT2D eigenvalue weighted by Gasteiger charge is -2.25. The molecule has 0 saturated carbocycles. The minimum absolute atomic E-state index is 0.541. The number of rotatable bonds is 5. The van der Waals surface area contributed by atoms with E-state index < -0.39 is 0 Å². The molecule has 130 valence electrons. The van der Waals surface area contributed by atoms with Crippen molar-refractivity contribution in [2.45, 2.75) is 6.54 Å². The maximum Gasteiger partial charge on any atom is 0.136 e. The summed E-state index contributed by atoms with van der Waals surface area (Å²) in [4.78, 5) is 9.14. The summed E-state index contributed by atoms with van der Waals surface area (Å²) in [5, 5.41) is 0.656. The second-order valence-electron chi connectivity index (χ2n) is 6.64. The van der Waals surface area contributed by atoms with Crippen LogP contribution in [0.25, 0.3) is 5.82 Å². The Morgan fingerprint density at radius 2 is 2.21 bits per heavy atom. The highest BCUT2D eigenvalue weighted by Crippen LogP contribution is 2.17. The number of pyridine rings is 1. The molecule has 24 heavy (non-hydrogen) atoms. The number of hydrogen-bond donors (Lipinski definition) is 0. The lowest BCUT2D eigenvalue weighted by atomic mass is 10.1. The average Bonchev–Trinajstić information content (AvgIpc) is 2.88. The maximum absolute atomic E-state index is 5.95. The van der Waals surface area contributed by atoms with Crippen molar-refractivity contribution >= 4 is 11.6 Å². The van der Waals surface area contributed by atoms with Crippen LogP contribution < -0.4 is 0 Å². The van der Waals surface area contributed by atoms with E-state index >= 15 is 0 Å². The van der Waals surface area contributed by atoms with E-state index in [1.165, 1.54) is 5.69 Å². The Morgan fingerprint density at radius 3 is 2.96 bits per heavy atom. The first-order chi connectivity index (χ1) is 11.6. The lowest BCUT2D eigenvalue weighted by Crippen LogP contribution is -2.34. The monoisotopic (exact) mass is 348 g/mol. The molecule has 1 atom stereocenters. The van der Waals surface area contributed by atoms with Crippen LogP contribution in [0.2, 0.25) is 5.02 Å². The normalized spacial score (nSPS) is 19.6. The van der Waals surface area contributed by atoms with Crippen molar-refractivity contribution in [2.75, 3.05) is 46.9 Å². The van der Waals surface area contributed by atoms with E-state index in [1.54, 1.807) is 6.20 Å². The van der Waals surface area contributed by atoms with E-state index in [-0.39, 0.29) is 0 Å². The van der Waals surface area contributed by atoms with Crippen LogP contribution in [-0.4, -0.2) is 66.3 Å². The number of ether oxygens (including phenoxy) is 1. The molecule has 2 aromatic rings. The summed E-state index contributed by atoms with van der Waals surface area (Å²) in [7, 11) is 4.24. The molecule has 0 bridgehead atoms. The Hall–Kier alpha value is -1.40. The first-order valence-electron chi connectivity index (χ1n) is 8.35. The smallest absolute Gasteiger partial charge is 0.136 e. The second-order valence-corrected chi connectivity index (χ2v) is 7.08. The molecule has 2 aromatic heterocycles. The highest BCUT2D eigenvalue weighted by atomic mass is 35.5. The van der Waals surface area contributed by atoms with Gasteiger partial charge in [-0.15, -0.1) is 0 Å². The van der Waals surface area contributed by atoms with Gasteiger partial charge in [0.15, 0.2) is 0 Å². The van der Waals surface area contributed by atoms with Gasteiger partial charge in [-0.1, -0.05) is 11.6 Å². The molecule has 0 spiro atoms. The largest absolute Gasteiger partial charge is 0.380 e. The van der Waals surface area contributed by atoms with E-state index in [1.807, 2.05) is 12.1 Å². The molecule has 5 nitrogen and oxygen atoms in total. The number of nitrogens with zero attached hydrogens (tertiary/aromatic N) is 4. The van der Waals surface area contributed by atoms with Crippen molar-refractivity contribution in [3.8, 4) is 5.82 Å². The lowest BCUT2D eigenvalue weighted by molar-refractivity contribution is 0.112. The minimum atomic E-state index is 0.541. The number of hydrogen-bond acceptors (Lipinski definition) is 4. The number of aromatic nitrogens is 2. The summed E-state index contributed by atoms with van der Waals surface area (Å²) in [5.41, 5.74) is 1.23. The van der Waals surface area contributed by atoms with Crippen LogP contribution in [-0.2, 0) is 11.3 Å². The van der Waals surface area contributed by atoms with Crippen molar-refractivity contribution in [1.82, 2.24) is 19.4 Å². The van der Waals surface area contributed by atoms with Gasteiger partial charge < -0.3 is 14.2 Å². The van der Waals surface area contributed by atoms with E-state index in [9.17, 15) is 0 Å². The molecule has 3 heterocycles. The minimum Gasteiger partial charge on any atom is -0.380 e. The second kappa shape index (κ2) is 8.12. The summed E-state index contributed by atoms with van der Waals surface area (Å²) < 4.78 is 7.91. The van der Waals surface area contributed by atoms with Crippen molar-refractivity contribution in [2.24, 2.45) is 5.92 Å². The first kappa shape index (κ1) is 17.4. The fourth-order valence-corrected chi connectivity index (χ4v) is 3.34. The van der Waals surface area contributed by atoms with Gasteiger partial charge >= 0.3 is 0 Å². The third-order valence-electron chi connectivity index (χ3n) is 4.22. The quantitative estimate of drug-likeness (QED) is 0.831. The van der Waals surface area contributed by atoms with Crippen LogP contribution in [0.5, 0.6) is 0 Å². The summed E-state index contributed by atoms with van der Waals surface area (Å²) >= 11 is 5.95.